The lowest BCUT2D eigenvalue weighted by Crippen LogP contribution is -2.24. The molecule has 0 amide bonds. The van der Waals surface area contributed by atoms with E-state index in [1.807, 2.05) is 0 Å². The third-order valence-electron chi connectivity index (χ3n) is 3.56. The van der Waals surface area contributed by atoms with E-state index in [1.54, 1.807) is 6.08 Å². The van der Waals surface area contributed by atoms with Crippen LogP contribution in [0, 0.1) is 0 Å². The molecule has 0 unspecified atom stereocenters. The first-order valence-electron chi connectivity index (χ1n) is 6.60. The van der Waals surface area contributed by atoms with E-state index in [-0.39, 0.29) is 5.12 Å². The predicted molar refractivity (Wildman–Crippen MR) is 86.8 cm³/mol. The van der Waals surface area contributed by atoms with Gasteiger partial charge in [0.05, 0.1) is 0 Å². The standard InChI is InChI=1S/C12H17NO7P2S/c1-8(14)23-3-2-9-4-10-5-12(21(15,16)17,22(18,19)20)6-11(10)13-7-9/h4-6,13H,2-3,7H2,1H3,(H2,15,16,17)(H2,18,19,20). The summed E-state index contributed by atoms with van der Waals surface area (Å²) in [6, 6.07) is 0. The van der Waals surface area contributed by atoms with Crippen LogP contribution in [0.15, 0.2) is 35.1 Å². The fraction of sp³-hybridized carbons (Fsp3) is 0.417. The lowest BCUT2D eigenvalue weighted by Gasteiger charge is -2.26. The second kappa shape index (κ2) is 6.33. The Hall–Kier alpha value is -0.660. The Morgan fingerprint density at radius 2 is 1.87 bits per heavy atom. The number of rotatable bonds is 5. The summed E-state index contributed by atoms with van der Waals surface area (Å²) in [5.74, 6) is 0.567. The molecule has 0 atom stereocenters. The number of nitrogens with one attached hydrogen (secondary N) is 1. The molecule has 0 radical (unpaired) electrons. The molecule has 1 aliphatic carbocycles. The molecule has 0 fully saturated rings. The molecule has 0 aromatic rings. The summed E-state index contributed by atoms with van der Waals surface area (Å²) in [6.07, 6.45) is 4.09. The van der Waals surface area contributed by atoms with Gasteiger partial charge in [0.2, 0.25) is 4.90 Å². The zero-order valence-corrected chi connectivity index (χ0v) is 14.8. The first kappa shape index (κ1) is 18.7. The number of fused-ring (bicyclic) bond motifs is 1. The Labute approximate surface area is 137 Å². The Balaban J connectivity index is 2.33. The first-order chi connectivity index (χ1) is 10.5. The minimum Gasteiger partial charge on any atom is -0.381 e. The minimum atomic E-state index is -5.13. The van der Waals surface area contributed by atoms with Crippen molar-refractivity contribution < 1.29 is 33.5 Å². The fourth-order valence-electron chi connectivity index (χ4n) is 2.39. The van der Waals surface area contributed by atoms with Crippen molar-refractivity contribution in [3.05, 3.63) is 35.1 Å². The maximum Gasteiger partial charge on any atom is 0.351 e. The number of carbonyl (C=O) groups is 1. The highest BCUT2D eigenvalue weighted by atomic mass is 32.2. The summed E-state index contributed by atoms with van der Waals surface area (Å²) in [6.45, 7) is 1.85. The third kappa shape index (κ3) is 3.72. The monoisotopic (exact) mass is 381 g/mol. The number of hydrogen-bond acceptors (Lipinski definition) is 5. The van der Waals surface area contributed by atoms with Crippen LogP contribution in [0.25, 0.3) is 0 Å². The van der Waals surface area contributed by atoms with Crippen molar-refractivity contribution in [1.82, 2.24) is 5.32 Å². The second-order valence-corrected chi connectivity index (χ2v) is 10.6. The van der Waals surface area contributed by atoms with Crippen LogP contribution in [0.1, 0.15) is 13.3 Å². The Kier molecular flexibility index (Phi) is 5.14. The zero-order valence-electron chi connectivity index (χ0n) is 12.2. The van der Waals surface area contributed by atoms with E-state index in [9.17, 15) is 33.5 Å². The van der Waals surface area contributed by atoms with Crippen molar-refractivity contribution in [2.75, 3.05) is 12.3 Å². The van der Waals surface area contributed by atoms with Gasteiger partial charge in [-0.25, -0.2) is 0 Å². The lowest BCUT2D eigenvalue weighted by atomic mass is 10.0. The summed E-state index contributed by atoms with van der Waals surface area (Å²) < 4.78 is 23.4. The molecule has 0 bridgehead atoms. The van der Waals surface area contributed by atoms with Gasteiger partial charge in [-0.2, -0.15) is 0 Å². The Bertz CT molecular complexity index is 693. The molecule has 5 N–H and O–H groups in total. The van der Waals surface area contributed by atoms with Crippen molar-refractivity contribution in [2.45, 2.75) is 18.2 Å². The van der Waals surface area contributed by atoms with Crippen LogP contribution in [0.4, 0.5) is 0 Å². The van der Waals surface area contributed by atoms with Gasteiger partial charge in [0.1, 0.15) is 0 Å². The van der Waals surface area contributed by atoms with Crippen LogP contribution < -0.4 is 5.32 Å². The molecule has 8 nitrogen and oxygen atoms in total. The van der Waals surface area contributed by atoms with Gasteiger partial charge in [-0.15, -0.1) is 0 Å². The molecule has 1 aliphatic heterocycles. The molecular formula is C12H17NO7P2S. The minimum absolute atomic E-state index is 0.00273. The summed E-state index contributed by atoms with van der Waals surface area (Å²) in [5.41, 5.74) is 1.51. The van der Waals surface area contributed by atoms with Crippen molar-refractivity contribution in [2.24, 2.45) is 0 Å². The van der Waals surface area contributed by atoms with Gasteiger partial charge in [0, 0.05) is 24.9 Å². The van der Waals surface area contributed by atoms with Gasteiger partial charge in [0.25, 0.3) is 0 Å². The number of carbonyl (C=O) groups excluding carboxylic acids is 1. The van der Waals surface area contributed by atoms with E-state index < -0.39 is 20.1 Å². The van der Waals surface area contributed by atoms with Crippen LogP contribution in [-0.4, -0.2) is 41.9 Å². The van der Waals surface area contributed by atoms with E-state index in [1.165, 1.54) is 18.7 Å². The predicted octanol–water partition coefficient (Wildman–Crippen LogP) is 1.06. The fourth-order valence-corrected chi connectivity index (χ4v) is 5.61. The summed E-state index contributed by atoms with van der Waals surface area (Å²) in [7, 11) is -10.3. The van der Waals surface area contributed by atoms with Crippen LogP contribution >= 0.6 is 27.0 Å². The van der Waals surface area contributed by atoms with Crippen LogP contribution in [0.2, 0.25) is 0 Å². The maximum atomic E-state index is 11.7. The van der Waals surface area contributed by atoms with Gasteiger partial charge < -0.3 is 24.9 Å². The van der Waals surface area contributed by atoms with Crippen molar-refractivity contribution >= 4 is 32.1 Å². The molecule has 11 heteroatoms. The van der Waals surface area contributed by atoms with Crippen molar-refractivity contribution in [3.8, 4) is 0 Å². The highest BCUT2D eigenvalue weighted by Gasteiger charge is 2.59. The molecule has 0 spiro atoms. The Morgan fingerprint density at radius 1 is 1.26 bits per heavy atom. The topological polar surface area (TPSA) is 144 Å². The van der Waals surface area contributed by atoms with Gasteiger partial charge in [-0.3, -0.25) is 13.9 Å². The Morgan fingerprint density at radius 3 is 2.39 bits per heavy atom. The van der Waals surface area contributed by atoms with E-state index >= 15 is 0 Å². The zero-order chi connectivity index (χ0) is 17.5. The number of allylic oxidation sites excluding steroid dienone is 3. The summed E-state index contributed by atoms with van der Waals surface area (Å²) >= 11 is 1.17. The quantitative estimate of drug-likeness (QED) is 0.442. The molecular weight excluding hydrogens is 364 g/mol. The van der Waals surface area contributed by atoms with E-state index in [2.05, 4.69) is 5.32 Å². The molecule has 128 valence electrons. The highest BCUT2D eigenvalue weighted by Crippen LogP contribution is 2.72. The average Bonchev–Trinajstić information content (AvgIpc) is 2.77. The van der Waals surface area contributed by atoms with Crippen LogP contribution in [0.3, 0.4) is 0 Å². The molecule has 0 aromatic carbocycles. The van der Waals surface area contributed by atoms with Crippen molar-refractivity contribution in [3.63, 3.8) is 0 Å². The van der Waals surface area contributed by atoms with Crippen LogP contribution in [-0.2, 0) is 13.9 Å². The van der Waals surface area contributed by atoms with Crippen molar-refractivity contribution in [1.29, 1.82) is 0 Å². The van der Waals surface area contributed by atoms with Gasteiger partial charge in [-0.1, -0.05) is 17.8 Å². The number of hydrogen-bond donors (Lipinski definition) is 5. The molecule has 0 aromatic heterocycles. The van der Waals surface area contributed by atoms with Gasteiger partial charge in [-0.05, 0) is 29.7 Å². The van der Waals surface area contributed by atoms with Crippen LogP contribution in [0.5, 0.6) is 0 Å². The molecule has 2 aliphatic rings. The van der Waals surface area contributed by atoms with E-state index in [0.29, 0.717) is 30.0 Å². The van der Waals surface area contributed by atoms with E-state index in [4.69, 9.17) is 0 Å². The second-order valence-electron chi connectivity index (χ2n) is 5.27. The molecule has 0 saturated carbocycles. The molecule has 23 heavy (non-hydrogen) atoms. The first-order valence-corrected chi connectivity index (χ1v) is 10.8. The van der Waals surface area contributed by atoms with E-state index in [0.717, 1.165) is 17.7 Å². The number of thioether (sulfide) groups is 1. The maximum absolute atomic E-state index is 11.7. The molecule has 2 rings (SSSR count). The summed E-state index contributed by atoms with van der Waals surface area (Å²) in [4.78, 5) is 46.1. The lowest BCUT2D eigenvalue weighted by molar-refractivity contribution is -0.109. The molecule has 1 heterocycles. The molecule has 0 saturated heterocycles. The largest absolute Gasteiger partial charge is 0.381 e. The van der Waals surface area contributed by atoms with Gasteiger partial charge in [0.15, 0.2) is 5.12 Å². The highest BCUT2D eigenvalue weighted by molar-refractivity contribution is 8.13. The normalized spacial score (nSPS) is 20.1. The summed E-state index contributed by atoms with van der Waals surface area (Å²) in [5, 5.41) is 2.91. The average molecular weight is 381 g/mol. The third-order valence-corrected chi connectivity index (χ3v) is 8.32. The SMILES string of the molecule is CC(=O)SCCC1=CC2=CC(P(=O)(O)O)(P(=O)(O)O)C=C2NC1. The smallest absolute Gasteiger partial charge is 0.351 e. The van der Waals surface area contributed by atoms with Gasteiger partial charge >= 0.3 is 15.2 Å².